The average Bonchev–Trinajstić information content (AvgIpc) is 3.11. The largest absolute Gasteiger partial charge is 0.444 e. The number of aromatic nitrogens is 3. The number of alkyl carbamates (subject to hydrolysis) is 1. The number of amides is 3. The van der Waals surface area contributed by atoms with Crippen LogP contribution in [0.15, 0.2) is 36.5 Å². The second-order valence-corrected chi connectivity index (χ2v) is 9.23. The fourth-order valence-corrected chi connectivity index (χ4v) is 3.57. The van der Waals surface area contributed by atoms with Crippen LogP contribution in [0, 0.1) is 6.92 Å². The third kappa shape index (κ3) is 7.02. The van der Waals surface area contributed by atoms with Crippen molar-refractivity contribution in [2.24, 2.45) is 5.73 Å². The highest BCUT2D eigenvalue weighted by atomic mass is 16.6. The highest BCUT2D eigenvalue weighted by Gasteiger charge is 2.18. The first-order chi connectivity index (χ1) is 16.5. The monoisotopic (exact) mass is 480 g/mol. The highest BCUT2D eigenvalue weighted by Crippen LogP contribution is 2.23. The quantitative estimate of drug-likeness (QED) is 0.398. The number of hydrogen-bond donors (Lipinski definition) is 3. The number of imidazole rings is 1. The topological polar surface area (TPSA) is 141 Å². The van der Waals surface area contributed by atoms with E-state index in [1.807, 2.05) is 25.3 Å². The third-order valence-electron chi connectivity index (χ3n) is 5.24. The first-order valence-corrected chi connectivity index (χ1v) is 11.5. The molecule has 35 heavy (non-hydrogen) atoms. The Balaban J connectivity index is 1.69. The van der Waals surface area contributed by atoms with Crippen LogP contribution in [0.5, 0.6) is 0 Å². The van der Waals surface area contributed by atoms with Crippen LogP contribution >= 0.6 is 0 Å². The molecular weight excluding hydrogens is 448 g/mol. The van der Waals surface area contributed by atoms with E-state index >= 15 is 0 Å². The first kappa shape index (κ1) is 25.7. The number of hydrogen-bond acceptors (Lipinski definition) is 6. The number of nitrogens with one attached hydrogen (secondary N) is 2. The molecule has 3 aromatic rings. The predicted octanol–water partition coefficient (Wildman–Crippen LogP) is 3.79. The zero-order valence-electron chi connectivity index (χ0n) is 20.6. The number of pyridine rings is 1. The van der Waals surface area contributed by atoms with Crippen LogP contribution in [0.2, 0.25) is 0 Å². The Morgan fingerprint density at radius 1 is 1.11 bits per heavy atom. The number of ether oxygens (including phenoxy) is 1. The van der Waals surface area contributed by atoms with E-state index in [4.69, 9.17) is 10.5 Å². The van der Waals surface area contributed by atoms with Crippen LogP contribution in [-0.4, -0.2) is 44.6 Å². The molecule has 0 aliphatic carbocycles. The lowest BCUT2D eigenvalue weighted by atomic mass is 10.2. The molecule has 3 rings (SSSR count). The van der Waals surface area contributed by atoms with Gasteiger partial charge in [0.2, 0.25) is 11.9 Å². The molecule has 2 heterocycles. The van der Waals surface area contributed by atoms with E-state index in [1.54, 1.807) is 43.5 Å². The van der Waals surface area contributed by atoms with Gasteiger partial charge in [0.25, 0.3) is 5.91 Å². The Kier molecular flexibility index (Phi) is 8.06. The van der Waals surface area contributed by atoms with Crippen molar-refractivity contribution in [2.45, 2.75) is 59.1 Å². The minimum atomic E-state index is -0.546. The summed E-state index contributed by atoms with van der Waals surface area (Å²) in [6, 6.07) is 8.44. The Hall–Kier alpha value is -3.95. The van der Waals surface area contributed by atoms with Crippen LogP contribution < -0.4 is 16.4 Å². The zero-order chi connectivity index (χ0) is 25.6. The molecule has 0 aliphatic heterocycles. The average molecular weight is 481 g/mol. The van der Waals surface area contributed by atoms with Crippen molar-refractivity contribution in [3.05, 3.63) is 53.3 Å². The first-order valence-electron chi connectivity index (χ1n) is 11.5. The van der Waals surface area contributed by atoms with Crippen molar-refractivity contribution in [2.75, 3.05) is 11.9 Å². The molecule has 0 radical (unpaired) electrons. The number of benzene rings is 1. The van der Waals surface area contributed by atoms with Crippen LogP contribution in [0.1, 0.15) is 66.4 Å². The smallest absolute Gasteiger partial charge is 0.407 e. The van der Waals surface area contributed by atoms with Crippen molar-refractivity contribution < 1.29 is 19.1 Å². The van der Waals surface area contributed by atoms with E-state index in [-0.39, 0.29) is 5.91 Å². The summed E-state index contributed by atoms with van der Waals surface area (Å²) in [5, 5.41) is 5.63. The summed E-state index contributed by atoms with van der Waals surface area (Å²) in [7, 11) is 0. The van der Waals surface area contributed by atoms with Gasteiger partial charge in [-0.15, -0.1) is 0 Å². The molecule has 10 nitrogen and oxygen atoms in total. The summed E-state index contributed by atoms with van der Waals surface area (Å²) in [5.74, 6) is -0.485. The second-order valence-electron chi connectivity index (χ2n) is 9.23. The predicted molar refractivity (Wildman–Crippen MR) is 133 cm³/mol. The van der Waals surface area contributed by atoms with Crippen molar-refractivity contribution >= 4 is 34.9 Å². The van der Waals surface area contributed by atoms with Crippen LogP contribution in [0.25, 0.3) is 11.0 Å². The minimum absolute atomic E-state index is 0.316. The van der Waals surface area contributed by atoms with Gasteiger partial charge in [0.15, 0.2) is 0 Å². The molecule has 0 saturated carbocycles. The molecule has 0 spiro atoms. The summed E-state index contributed by atoms with van der Waals surface area (Å²) >= 11 is 0. The maximum atomic E-state index is 12.9. The number of unbranched alkanes of at least 4 members (excludes halogenated alkanes) is 2. The fraction of sp³-hybridized carbons (Fsp3) is 0.400. The molecule has 1 aromatic carbocycles. The molecule has 0 unspecified atom stereocenters. The summed E-state index contributed by atoms with van der Waals surface area (Å²) < 4.78 is 7.14. The van der Waals surface area contributed by atoms with Crippen molar-refractivity contribution in [1.82, 2.24) is 19.9 Å². The number of anilines is 1. The van der Waals surface area contributed by atoms with Gasteiger partial charge in [0.1, 0.15) is 5.60 Å². The van der Waals surface area contributed by atoms with Crippen molar-refractivity contribution in [1.29, 1.82) is 0 Å². The lowest BCUT2D eigenvalue weighted by Gasteiger charge is -2.19. The summed E-state index contributed by atoms with van der Waals surface area (Å²) in [6.07, 6.45) is 3.59. The summed E-state index contributed by atoms with van der Waals surface area (Å²) in [6.45, 7) is 8.31. The van der Waals surface area contributed by atoms with E-state index < -0.39 is 17.6 Å². The van der Waals surface area contributed by atoms with E-state index in [9.17, 15) is 14.4 Å². The van der Waals surface area contributed by atoms with Crippen LogP contribution in [-0.2, 0) is 11.3 Å². The van der Waals surface area contributed by atoms with Gasteiger partial charge >= 0.3 is 6.09 Å². The maximum Gasteiger partial charge on any atom is 0.407 e. The Bertz CT molecular complexity index is 1230. The molecule has 0 atom stereocenters. The van der Waals surface area contributed by atoms with Crippen LogP contribution in [0.4, 0.5) is 10.7 Å². The van der Waals surface area contributed by atoms with Gasteiger partial charge in [-0.05, 0) is 77.3 Å². The van der Waals surface area contributed by atoms with Crippen molar-refractivity contribution in [3.8, 4) is 0 Å². The lowest BCUT2D eigenvalue weighted by Crippen LogP contribution is -2.33. The van der Waals surface area contributed by atoms with Gasteiger partial charge in [-0.2, -0.15) is 0 Å². The summed E-state index contributed by atoms with van der Waals surface area (Å²) in [4.78, 5) is 45.0. The fourth-order valence-electron chi connectivity index (χ4n) is 3.57. The molecule has 2 aromatic heterocycles. The number of aryl methyl sites for hydroxylation is 2. The van der Waals surface area contributed by atoms with Gasteiger partial charge in [-0.1, -0.05) is 0 Å². The van der Waals surface area contributed by atoms with Gasteiger partial charge in [-0.25, -0.2) is 9.78 Å². The third-order valence-corrected chi connectivity index (χ3v) is 5.24. The molecule has 0 aliphatic rings. The SMILES string of the molecule is Cc1ncccc1C(=O)Nc1nc2cc(C(N)=O)ccc2n1CCCCCNC(=O)OC(C)(C)C. The summed E-state index contributed by atoms with van der Waals surface area (Å²) in [5.41, 5.74) is 7.63. The van der Waals surface area contributed by atoms with Gasteiger partial charge in [-0.3, -0.25) is 19.9 Å². The number of carbonyl (C=O) groups excluding carboxylic acids is 3. The lowest BCUT2D eigenvalue weighted by molar-refractivity contribution is 0.0526. The number of carbonyl (C=O) groups is 3. The Morgan fingerprint density at radius 2 is 1.89 bits per heavy atom. The Labute approximate surface area is 204 Å². The highest BCUT2D eigenvalue weighted by molar-refractivity contribution is 6.05. The van der Waals surface area contributed by atoms with E-state index in [0.29, 0.717) is 41.4 Å². The van der Waals surface area contributed by atoms with Gasteiger partial charge in [0, 0.05) is 30.5 Å². The number of nitrogens with zero attached hydrogens (tertiary/aromatic N) is 3. The Morgan fingerprint density at radius 3 is 2.57 bits per heavy atom. The maximum absolute atomic E-state index is 12.9. The number of nitrogens with two attached hydrogens (primary N) is 1. The normalized spacial score (nSPS) is 11.3. The zero-order valence-corrected chi connectivity index (χ0v) is 20.6. The molecule has 4 N–H and O–H groups in total. The van der Waals surface area contributed by atoms with Gasteiger partial charge in [0.05, 0.1) is 16.6 Å². The second kappa shape index (κ2) is 11.0. The van der Waals surface area contributed by atoms with E-state index in [0.717, 1.165) is 24.8 Å². The minimum Gasteiger partial charge on any atom is -0.444 e. The number of primary amides is 1. The number of rotatable bonds is 9. The van der Waals surface area contributed by atoms with Crippen LogP contribution in [0.3, 0.4) is 0 Å². The molecule has 0 fully saturated rings. The number of fused-ring (bicyclic) bond motifs is 1. The van der Waals surface area contributed by atoms with E-state index in [2.05, 4.69) is 20.6 Å². The molecule has 10 heteroatoms. The molecule has 0 bridgehead atoms. The molecule has 3 amide bonds. The molecule has 186 valence electrons. The van der Waals surface area contributed by atoms with Gasteiger partial charge < -0.3 is 20.4 Å². The van der Waals surface area contributed by atoms with Crippen molar-refractivity contribution in [3.63, 3.8) is 0 Å². The molecular formula is C25H32N6O4. The standard InChI is InChI=1S/C25H32N6O4/c1-16-18(9-8-13-27-16)22(33)30-23-29-19-15-17(21(26)32)10-11-20(19)31(23)14-7-5-6-12-28-24(34)35-25(2,3)4/h8-11,13,15H,5-7,12,14H2,1-4H3,(H2,26,32)(H,28,34)(H,29,30,33). The van der Waals surface area contributed by atoms with E-state index in [1.165, 1.54) is 0 Å². The molecule has 0 saturated heterocycles.